The van der Waals surface area contributed by atoms with Crippen molar-refractivity contribution in [1.29, 1.82) is 0 Å². The van der Waals surface area contributed by atoms with Gasteiger partial charge in [0.2, 0.25) is 0 Å². The van der Waals surface area contributed by atoms with Crippen LogP contribution in [-0.4, -0.2) is 10.6 Å². The van der Waals surface area contributed by atoms with Crippen molar-refractivity contribution in [3.63, 3.8) is 0 Å². The van der Waals surface area contributed by atoms with Crippen LogP contribution in [0.2, 0.25) is 5.02 Å². The van der Waals surface area contributed by atoms with Gasteiger partial charge < -0.3 is 10.3 Å². The maximum atomic E-state index is 13.5. The molecule has 4 heteroatoms. The number of hydrogen-bond acceptors (Lipinski definition) is 1. The van der Waals surface area contributed by atoms with Crippen molar-refractivity contribution in [1.82, 2.24) is 4.57 Å². The highest BCUT2D eigenvalue weighted by Gasteiger charge is 2.14. The lowest BCUT2D eigenvalue weighted by Crippen LogP contribution is -2.21. The number of nitrogens with two attached hydrogens (primary N) is 1. The molecule has 0 radical (unpaired) electrons. The molecule has 2 N–H and O–H groups in total. The minimum absolute atomic E-state index is 0.0548. The number of benzene rings is 1. The number of aryl methyl sites for hydroxylation is 1. The van der Waals surface area contributed by atoms with E-state index in [0.29, 0.717) is 6.54 Å². The average Bonchev–Trinajstić information content (AvgIpc) is 2.61. The first-order chi connectivity index (χ1) is 8.04. The van der Waals surface area contributed by atoms with Gasteiger partial charge in [-0.1, -0.05) is 18.5 Å². The van der Waals surface area contributed by atoms with Gasteiger partial charge in [0.25, 0.3) is 0 Å². The van der Waals surface area contributed by atoms with Gasteiger partial charge >= 0.3 is 0 Å². The van der Waals surface area contributed by atoms with Crippen LogP contribution >= 0.6 is 11.6 Å². The highest BCUT2D eigenvalue weighted by molar-refractivity contribution is 6.35. The van der Waals surface area contributed by atoms with E-state index in [9.17, 15) is 4.39 Å². The van der Waals surface area contributed by atoms with Crippen LogP contribution in [0.25, 0.3) is 10.9 Å². The first-order valence-electron chi connectivity index (χ1n) is 5.75. The Morgan fingerprint density at radius 1 is 1.47 bits per heavy atom. The Hall–Kier alpha value is -1.06. The molecule has 92 valence electrons. The summed E-state index contributed by atoms with van der Waals surface area (Å²) in [4.78, 5) is 0. The molecule has 2 nitrogen and oxygen atoms in total. The van der Waals surface area contributed by atoms with E-state index in [1.165, 1.54) is 6.07 Å². The number of aromatic nitrogens is 1. The Bertz CT molecular complexity index is 546. The zero-order chi connectivity index (χ0) is 12.6. The molecule has 0 aliphatic heterocycles. The van der Waals surface area contributed by atoms with Crippen LogP contribution in [0.1, 0.15) is 19.4 Å². The molecule has 0 bridgehead atoms. The second-order valence-electron chi connectivity index (χ2n) is 4.39. The largest absolute Gasteiger partial charge is 0.346 e. The smallest absolute Gasteiger partial charge is 0.142 e. The van der Waals surface area contributed by atoms with E-state index in [1.807, 2.05) is 24.6 Å². The van der Waals surface area contributed by atoms with Gasteiger partial charge in [-0.3, -0.25) is 0 Å². The van der Waals surface area contributed by atoms with Crippen LogP contribution in [0, 0.1) is 5.82 Å². The zero-order valence-corrected chi connectivity index (χ0v) is 10.8. The summed E-state index contributed by atoms with van der Waals surface area (Å²) in [7, 11) is 0. The molecule has 17 heavy (non-hydrogen) atoms. The van der Waals surface area contributed by atoms with Gasteiger partial charge in [0.1, 0.15) is 5.82 Å². The Labute approximate surface area is 105 Å². The minimum Gasteiger partial charge on any atom is -0.346 e. The quantitative estimate of drug-likeness (QED) is 0.895. The van der Waals surface area contributed by atoms with Gasteiger partial charge in [0, 0.05) is 24.2 Å². The van der Waals surface area contributed by atoms with Gasteiger partial charge in [0.15, 0.2) is 0 Å². The van der Waals surface area contributed by atoms with Crippen molar-refractivity contribution in [3.8, 4) is 0 Å². The third-order valence-corrected chi connectivity index (χ3v) is 3.25. The lowest BCUT2D eigenvalue weighted by Gasteiger charge is -2.08. The van der Waals surface area contributed by atoms with Crippen molar-refractivity contribution in [2.24, 2.45) is 5.73 Å². The summed E-state index contributed by atoms with van der Waals surface area (Å²) in [5, 5.41) is 1.03. The molecular formula is C13H16ClFN2. The number of halogens is 2. The summed E-state index contributed by atoms with van der Waals surface area (Å²) in [5.41, 5.74) is 7.82. The van der Waals surface area contributed by atoms with E-state index < -0.39 is 0 Å². The summed E-state index contributed by atoms with van der Waals surface area (Å²) in [5.74, 6) is -0.368. The Morgan fingerprint density at radius 3 is 2.76 bits per heavy atom. The normalized spacial score (nSPS) is 13.2. The second kappa shape index (κ2) is 4.67. The number of fused-ring (bicyclic) bond motifs is 1. The Balaban J connectivity index is 2.68. The van der Waals surface area contributed by atoms with Crippen LogP contribution in [0.3, 0.4) is 0 Å². The molecule has 0 spiro atoms. The van der Waals surface area contributed by atoms with Crippen LogP contribution in [0.4, 0.5) is 4.39 Å². The van der Waals surface area contributed by atoms with E-state index in [0.717, 1.165) is 22.9 Å². The summed E-state index contributed by atoms with van der Waals surface area (Å²) >= 11 is 6.04. The lowest BCUT2D eigenvalue weighted by molar-refractivity contribution is 0.603. The molecule has 2 aromatic rings. The summed E-state index contributed by atoms with van der Waals surface area (Å²) in [6.45, 7) is 4.69. The van der Waals surface area contributed by atoms with Crippen LogP contribution in [0.5, 0.6) is 0 Å². The van der Waals surface area contributed by atoms with Crippen molar-refractivity contribution >= 4 is 22.5 Å². The van der Waals surface area contributed by atoms with Gasteiger partial charge in [0.05, 0.1) is 10.5 Å². The van der Waals surface area contributed by atoms with Crippen molar-refractivity contribution in [3.05, 3.63) is 34.7 Å². The molecule has 0 saturated carbocycles. The SMILES string of the molecule is CCc1cn(C[C@H](C)N)c2ccc(F)c(Cl)c12. The highest BCUT2D eigenvalue weighted by atomic mass is 35.5. The first-order valence-corrected chi connectivity index (χ1v) is 6.13. The molecule has 0 unspecified atom stereocenters. The number of rotatable bonds is 3. The van der Waals surface area contributed by atoms with Crippen LogP contribution in [0.15, 0.2) is 18.3 Å². The van der Waals surface area contributed by atoms with Gasteiger partial charge in [-0.05, 0) is 31.0 Å². The molecule has 2 rings (SSSR count). The second-order valence-corrected chi connectivity index (χ2v) is 4.77. The number of nitrogens with zero attached hydrogens (tertiary/aromatic N) is 1. The molecule has 1 aromatic heterocycles. The lowest BCUT2D eigenvalue weighted by atomic mass is 10.1. The molecular weight excluding hydrogens is 239 g/mol. The van der Waals surface area contributed by atoms with Gasteiger partial charge in [-0.15, -0.1) is 0 Å². The highest BCUT2D eigenvalue weighted by Crippen LogP contribution is 2.31. The standard InChI is InChI=1S/C13H16ClFN2/c1-3-9-7-17(6-8(2)16)11-5-4-10(15)13(14)12(9)11/h4-5,7-8H,3,6,16H2,1-2H3/t8-/m0/s1. The number of hydrogen-bond donors (Lipinski definition) is 1. The minimum atomic E-state index is -0.368. The van der Waals surface area contributed by atoms with Gasteiger partial charge in [-0.25, -0.2) is 4.39 Å². The van der Waals surface area contributed by atoms with Crippen molar-refractivity contribution in [2.75, 3.05) is 0 Å². The Kier molecular flexibility index (Phi) is 3.40. The monoisotopic (exact) mass is 254 g/mol. The Morgan fingerprint density at radius 2 is 2.18 bits per heavy atom. The summed E-state index contributed by atoms with van der Waals surface area (Å²) < 4.78 is 15.5. The fraction of sp³-hybridized carbons (Fsp3) is 0.385. The molecule has 0 fully saturated rings. The van der Waals surface area contributed by atoms with Crippen molar-refractivity contribution in [2.45, 2.75) is 32.9 Å². The average molecular weight is 255 g/mol. The topological polar surface area (TPSA) is 30.9 Å². The predicted octanol–water partition coefficient (Wildman–Crippen LogP) is 3.34. The fourth-order valence-electron chi connectivity index (χ4n) is 2.14. The molecule has 1 atom stereocenters. The molecule has 0 aliphatic carbocycles. The van der Waals surface area contributed by atoms with E-state index in [4.69, 9.17) is 17.3 Å². The van der Waals surface area contributed by atoms with Crippen LogP contribution < -0.4 is 5.73 Å². The molecule has 1 aromatic carbocycles. The van der Waals surface area contributed by atoms with Gasteiger partial charge in [-0.2, -0.15) is 0 Å². The maximum absolute atomic E-state index is 13.5. The third kappa shape index (κ3) is 2.17. The zero-order valence-electron chi connectivity index (χ0n) is 10.0. The van der Waals surface area contributed by atoms with E-state index in [2.05, 4.69) is 0 Å². The van der Waals surface area contributed by atoms with E-state index >= 15 is 0 Å². The fourth-order valence-corrected chi connectivity index (χ4v) is 2.42. The summed E-state index contributed by atoms with van der Waals surface area (Å²) in [6, 6.07) is 3.22. The molecule has 1 heterocycles. The molecule has 0 saturated heterocycles. The van der Waals surface area contributed by atoms with Crippen LogP contribution in [-0.2, 0) is 13.0 Å². The molecule has 0 amide bonds. The van der Waals surface area contributed by atoms with Crippen molar-refractivity contribution < 1.29 is 4.39 Å². The van der Waals surface area contributed by atoms with E-state index in [1.54, 1.807) is 6.07 Å². The maximum Gasteiger partial charge on any atom is 0.142 e. The third-order valence-electron chi connectivity index (χ3n) is 2.88. The van der Waals surface area contributed by atoms with E-state index in [-0.39, 0.29) is 16.9 Å². The first kappa shape index (κ1) is 12.4. The summed E-state index contributed by atoms with van der Waals surface area (Å²) in [6.07, 6.45) is 2.84. The predicted molar refractivity (Wildman–Crippen MR) is 69.9 cm³/mol. The molecule has 0 aliphatic rings.